The Morgan fingerprint density at radius 2 is 2.05 bits per heavy atom. The lowest BCUT2D eigenvalue weighted by Gasteiger charge is -2.18. The van der Waals surface area contributed by atoms with Crippen molar-refractivity contribution in [2.45, 2.75) is 29.8 Å². The van der Waals surface area contributed by atoms with E-state index in [1.165, 1.54) is 17.8 Å². The first-order chi connectivity index (χ1) is 10.0. The number of hydrogen-bond donors (Lipinski definition) is 3. The fourth-order valence-corrected chi connectivity index (χ4v) is 3.14. The number of carbonyl (C=O) groups is 1. The lowest BCUT2D eigenvalue weighted by Crippen LogP contribution is -2.19. The molecular weight excluding hydrogens is 288 g/mol. The number of nitrogens with two attached hydrogens (primary N) is 1. The van der Waals surface area contributed by atoms with Gasteiger partial charge >= 0.3 is 0 Å². The summed E-state index contributed by atoms with van der Waals surface area (Å²) >= 11 is 1.31. The minimum atomic E-state index is -0.186. The number of benzene rings is 1. The number of fused-ring (bicyclic) bond motifs is 1. The maximum absolute atomic E-state index is 11.5. The molecule has 1 aliphatic heterocycles. The van der Waals surface area contributed by atoms with Crippen LogP contribution >= 0.6 is 11.8 Å². The van der Waals surface area contributed by atoms with Crippen molar-refractivity contribution >= 4 is 29.0 Å². The third-order valence-electron chi connectivity index (χ3n) is 3.19. The van der Waals surface area contributed by atoms with Crippen molar-refractivity contribution in [2.24, 2.45) is 0 Å². The second-order valence-corrected chi connectivity index (χ2v) is 5.92. The van der Waals surface area contributed by atoms with Crippen LogP contribution in [0.15, 0.2) is 33.0 Å². The second kappa shape index (κ2) is 5.25. The highest BCUT2D eigenvalue weighted by molar-refractivity contribution is 7.99. The molecule has 0 fully saturated rings. The summed E-state index contributed by atoms with van der Waals surface area (Å²) in [6, 6.07) is 5.13. The number of nitrogens with zero attached hydrogens (tertiary/aromatic N) is 1. The first kappa shape index (κ1) is 13.7. The number of amides is 1. The number of nitrogens with one attached hydrogen (secondary N) is 2. The van der Waals surface area contributed by atoms with Crippen LogP contribution in [-0.2, 0) is 11.2 Å². The molecule has 0 aliphatic carbocycles. The van der Waals surface area contributed by atoms with E-state index in [0.29, 0.717) is 29.4 Å². The molecule has 7 heteroatoms. The third kappa shape index (κ3) is 2.92. The molecule has 0 spiro atoms. The summed E-state index contributed by atoms with van der Waals surface area (Å²) < 4.78 is 0. The summed E-state index contributed by atoms with van der Waals surface area (Å²) in [5.74, 6) is 0.00647. The van der Waals surface area contributed by atoms with Crippen molar-refractivity contribution in [1.29, 1.82) is 0 Å². The van der Waals surface area contributed by atoms with Gasteiger partial charge in [0.15, 0.2) is 5.16 Å². The molecule has 0 saturated carbocycles. The van der Waals surface area contributed by atoms with Gasteiger partial charge in [0, 0.05) is 34.5 Å². The van der Waals surface area contributed by atoms with Gasteiger partial charge in [0.1, 0.15) is 0 Å². The molecule has 0 radical (unpaired) electrons. The number of carbonyl (C=O) groups excluding carboxylic acids is 1. The van der Waals surface area contributed by atoms with Crippen molar-refractivity contribution < 1.29 is 4.79 Å². The third-order valence-corrected chi connectivity index (χ3v) is 4.15. The maximum atomic E-state index is 11.5. The molecule has 1 amide bonds. The minimum Gasteiger partial charge on any atom is -0.398 e. The first-order valence-corrected chi connectivity index (χ1v) is 7.31. The molecule has 108 valence electrons. The van der Waals surface area contributed by atoms with E-state index < -0.39 is 0 Å². The van der Waals surface area contributed by atoms with Crippen molar-refractivity contribution in [3.8, 4) is 0 Å². The Labute approximate surface area is 125 Å². The molecular formula is C14H14N4O2S. The number of anilines is 2. The predicted molar refractivity (Wildman–Crippen MR) is 81.5 cm³/mol. The number of aryl methyl sites for hydroxylation is 2. The molecule has 0 atom stereocenters. The molecule has 6 nitrogen and oxygen atoms in total. The van der Waals surface area contributed by atoms with Crippen LogP contribution in [0.3, 0.4) is 0 Å². The molecule has 0 unspecified atom stereocenters. The zero-order valence-electron chi connectivity index (χ0n) is 11.4. The number of hydrogen-bond acceptors (Lipinski definition) is 5. The molecule has 4 N–H and O–H groups in total. The SMILES string of the molecule is Cc1cc(=O)[nH]c(Sc2cc3c(cc2N)NC(=O)CC3)n1. The van der Waals surface area contributed by atoms with Crippen LogP contribution < -0.4 is 16.6 Å². The smallest absolute Gasteiger partial charge is 0.251 e. The number of rotatable bonds is 2. The predicted octanol–water partition coefficient (Wildman–Crippen LogP) is 1.70. The van der Waals surface area contributed by atoms with E-state index in [9.17, 15) is 9.59 Å². The van der Waals surface area contributed by atoms with Gasteiger partial charge in [-0.3, -0.25) is 9.59 Å². The van der Waals surface area contributed by atoms with E-state index in [0.717, 1.165) is 16.1 Å². The summed E-state index contributed by atoms with van der Waals surface area (Å²) in [5.41, 5.74) is 8.85. The van der Waals surface area contributed by atoms with Gasteiger partial charge in [-0.05, 0) is 42.8 Å². The normalized spacial score (nSPS) is 13.7. The van der Waals surface area contributed by atoms with E-state index in [1.807, 2.05) is 6.07 Å². The van der Waals surface area contributed by atoms with Gasteiger partial charge in [0.2, 0.25) is 5.91 Å². The average molecular weight is 302 g/mol. The van der Waals surface area contributed by atoms with E-state index in [1.54, 1.807) is 13.0 Å². The van der Waals surface area contributed by atoms with Gasteiger partial charge in [-0.15, -0.1) is 0 Å². The molecule has 0 saturated heterocycles. The molecule has 2 aromatic rings. The standard InChI is InChI=1S/C14H14N4O2S/c1-7-4-13(20)18-14(16-7)21-11-5-8-2-3-12(19)17-10(8)6-9(11)15/h4-6H,2-3,15H2,1H3,(H,17,19)(H,16,18,20). The molecule has 0 bridgehead atoms. The molecule has 21 heavy (non-hydrogen) atoms. The van der Waals surface area contributed by atoms with Gasteiger partial charge in [0.25, 0.3) is 5.56 Å². The minimum absolute atomic E-state index is 0.00647. The molecule has 1 aromatic heterocycles. The Balaban J connectivity index is 1.96. The highest BCUT2D eigenvalue weighted by Crippen LogP contribution is 2.35. The van der Waals surface area contributed by atoms with Crippen molar-refractivity contribution in [2.75, 3.05) is 11.1 Å². The van der Waals surface area contributed by atoms with Crippen molar-refractivity contribution in [1.82, 2.24) is 9.97 Å². The Morgan fingerprint density at radius 3 is 2.81 bits per heavy atom. The van der Waals surface area contributed by atoms with Crippen LogP contribution in [-0.4, -0.2) is 15.9 Å². The summed E-state index contributed by atoms with van der Waals surface area (Å²) in [6.07, 6.45) is 1.16. The first-order valence-electron chi connectivity index (χ1n) is 6.49. The second-order valence-electron chi connectivity index (χ2n) is 4.89. The number of aromatic nitrogens is 2. The van der Waals surface area contributed by atoms with Crippen molar-refractivity contribution in [3.05, 3.63) is 39.8 Å². The fraction of sp³-hybridized carbons (Fsp3) is 0.214. The monoisotopic (exact) mass is 302 g/mol. The van der Waals surface area contributed by atoms with E-state index in [-0.39, 0.29) is 11.5 Å². The fourth-order valence-electron chi connectivity index (χ4n) is 2.22. The Morgan fingerprint density at radius 1 is 1.24 bits per heavy atom. The van der Waals surface area contributed by atoms with E-state index in [2.05, 4.69) is 15.3 Å². The Hall–Kier alpha value is -2.28. The molecule has 1 aromatic carbocycles. The van der Waals surface area contributed by atoms with Crippen LogP contribution in [0.1, 0.15) is 17.7 Å². The van der Waals surface area contributed by atoms with Crippen molar-refractivity contribution in [3.63, 3.8) is 0 Å². The van der Waals surface area contributed by atoms with Gasteiger partial charge in [0.05, 0.1) is 0 Å². The zero-order valence-corrected chi connectivity index (χ0v) is 12.2. The highest BCUT2D eigenvalue weighted by Gasteiger charge is 2.17. The topological polar surface area (TPSA) is 101 Å². The summed E-state index contributed by atoms with van der Waals surface area (Å²) in [7, 11) is 0. The van der Waals surface area contributed by atoms with E-state index >= 15 is 0 Å². The lowest BCUT2D eigenvalue weighted by atomic mass is 10.0. The average Bonchev–Trinajstić information content (AvgIpc) is 2.38. The Bertz CT molecular complexity index is 785. The van der Waals surface area contributed by atoms with Crippen LogP contribution in [0.25, 0.3) is 0 Å². The van der Waals surface area contributed by atoms with E-state index in [4.69, 9.17) is 5.73 Å². The molecule has 1 aliphatic rings. The molecule has 2 heterocycles. The van der Waals surface area contributed by atoms with Crippen LogP contribution in [0.5, 0.6) is 0 Å². The number of nitrogen functional groups attached to an aromatic ring is 1. The summed E-state index contributed by atoms with van der Waals surface area (Å²) in [5, 5.41) is 3.31. The van der Waals surface area contributed by atoms with Gasteiger partial charge < -0.3 is 16.0 Å². The van der Waals surface area contributed by atoms with Crippen LogP contribution in [0.2, 0.25) is 0 Å². The van der Waals surface area contributed by atoms with Gasteiger partial charge in [-0.2, -0.15) is 0 Å². The highest BCUT2D eigenvalue weighted by atomic mass is 32.2. The van der Waals surface area contributed by atoms with Crippen LogP contribution in [0, 0.1) is 6.92 Å². The van der Waals surface area contributed by atoms with Gasteiger partial charge in [-0.1, -0.05) is 0 Å². The lowest BCUT2D eigenvalue weighted by molar-refractivity contribution is -0.116. The quantitative estimate of drug-likeness (QED) is 0.579. The van der Waals surface area contributed by atoms with Gasteiger partial charge in [-0.25, -0.2) is 4.98 Å². The summed E-state index contributed by atoms with van der Waals surface area (Å²) in [6.45, 7) is 1.77. The van der Waals surface area contributed by atoms with Crippen LogP contribution in [0.4, 0.5) is 11.4 Å². The largest absolute Gasteiger partial charge is 0.398 e. The maximum Gasteiger partial charge on any atom is 0.251 e. The Kier molecular flexibility index (Phi) is 3.42. The number of H-pyrrole nitrogens is 1. The molecule has 3 rings (SSSR count). The summed E-state index contributed by atoms with van der Waals surface area (Å²) in [4.78, 5) is 30.6. The number of aromatic amines is 1. The zero-order chi connectivity index (χ0) is 15.0.